The summed E-state index contributed by atoms with van der Waals surface area (Å²) in [5.41, 5.74) is 0. The van der Waals surface area contributed by atoms with Crippen LogP contribution in [0.4, 0.5) is 0 Å². The van der Waals surface area contributed by atoms with Crippen molar-refractivity contribution in [2.75, 3.05) is 0 Å². The van der Waals surface area contributed by atoms with Crippen LogP contribution in [0, 0.1) is 0 Å². The number of halogens is 1. The number of hydrogen-bond donors (Lipinski definition) is 2. The number of carboxylic acids is 1. The third-order valence-electron chi connectivity index (χ3n) is 2.64. The lowest BCUT2D eigenvalue weighted by Crippen LogP contribution is -2.42. The third-order valence-corrected chi connectivity index (χ3v) is 4.44. The van der Waals surface area contributed by atoms with Gasteiger partial charge < -0.3 is 10.4 Å². The number of rotatable bonds is 6. The van der Waals surface area contributed by atoms with E-state index >= 15 is 0 Å². The molecule has 0 fully saturated rings. The number of hydrogen-bond acceptors (Lipinski definition) is 3. The monoisotopic (exact) mass is 345 g/mol. The third kappa shape index (κ3) is 4.80. The van der Waals surface area contributed by atoms with Crippen LogP contribution in [-0.4, -0.2) is 23.0 Å². The molecule has 1 amide bonds. The average Bonchev–Trinajstić information content (AvgIpc) is 2.79. The Kier molecular flexibility index (Phi) is 6.24. The van der Waals surface area contributed by atoms with Crippen LogP contribution in [0.1, 0.15) is 31.1 Å². The zero-order valence-electron chi connectivity index (χ0n) is 10.7. The van der Waals surface area contributed by atoms with Crippen LogP contribution in [0.5, 0.6) is 0 Å². The van der Waals surface area contributed by atoms with Crippen molar-refractivity contribution in [2.45, 2.75) is 32.2 Å². The summed E-state index contributed by atoms with van der Waals surface area (Å²) in [5, 5.41) is 11.6. The van der Waals surface area contributed by atoms with Gasteiger partial charge in [0.05, 0.1) is 9.70 Å². The van der Waals surface area contributed by atoms with Crippen LogP contribution in [0.15, 0.2) is 28.1 Å². The molecule has 0 aliphatic carbocycles. The summed E-state index contributed by atoms with van der Waals surface area (Å²) in [6.07, 6.45) is 3.78. The molecule has 1 aromatic rings. The highest BCUT2D eigenvalue weighted by atomic mass is 79.9. The number of carbonyl (C=O) groups is 2. The van der Waals surface area contributed by atoms with E-state index in [-0.39, 0.29) is 11.8 Å². The molecule has 0 aromatic carbocycles. The standard InChI is InChI=1S/C13H16BrNO3S/c1-3-4-5-9(13(17)18)15-12(16)8(2)10-6-7-11(14)19-10/h3-4,6-9H,5H2,1-2H3,(H,15,16)(H,17,18)/b4-3+. The maximum absolute atomic E-state index is 12.0. The molecule has 0 aliphatic rings. The maximum atomic E-state index is 12.0. The molecule has 1 heterocycles. The zero-order chi connectivity index (χ0) is 14.4. The summed E-state index contributed by atoms with van der Waals surface area (Å²) < 4.78 is 0.950. The highest BCUT2D eigenvalue weighted by molar-refractivity contribution is 9.11. The molecule has 19 heavy (non-hydrogen) atoms. The van der Waals surface area contributed by atoms with Crippen LogP contribution in [0.2, 0.25) is 0 Å². The fourth-order valence-corrected chi connectivity index (χ4v) is 2.95. The Morgan fingerprint density at radius 2 is 2.21 bits per heavy atom. The number of nitrogens with one attached hydrogen (secondary N) is 1. The Bertz CT molecular complexity index is 484. The van der Waals surface area contributed by atoms with Gasteiger partial charge in [-0.05, 0) is 48.3 Å². The van der Waals surface area contributed by atoms with Gasteiger partial charge in [0.2, 0.25) is 5.91 Å². The number of thiophene rings is 1. The van der Waals surface area contributed by atoms with Crippen molar-refractivity contribution in [3.05, 3.63) is 32.9 Å². The van der Waals surface area contributed by atoms with Crippen LogP contribution < -0.4 is 5.32 Å². The largest absolute Gasteiger partial charge is 0.480 e. The van der Waals surface area contributed by atoms with Crippen molar-refractivity contribution in [2.24, 2.45) is 0 Å². The van der Waals surface area contributed by atoms with Gasteiger partial charge in [-0.2, -0.15) is 0 Å². The van der Waals surface area contributed by atoms with Crippen molar-refractivity contribution in [3.8, 4) is 0 Å². The van der Waals surface area contributed by atoms with Gasteiger partial charge in [-0.25, -0.2) is 4.79 Å². The molecule has 2 atom stereocenters. The number of carbonyl (C=O) groups excluding carboxylic acids is 1. The molecule has 104 valence electrons. The van der Waals surface area contributed by atoms with Crippen LogP contribution in [0.25, 0.3) is 0 Å². The van der Waals surface area contributed by atoms with Crippen molar-refractivity contribution in [1.82, 2.24) is 5.32 Å². The second-order valence-electron chi connectivity index (χ2n) is 4.07. The highest BCUT2D eigenvalue weighted by Crippen LogP contribution is 2.28. The lowest BCUT2D eigenvalue weighted by molar-refractivity contribution is -0.141. The average molecular weight is 346 g/mol. The van der Waals surface area contributed by atoms with Gasteiger partial charge in [0.15, 0.2) is 0 Å². The lowest BCUT2D eigenvalue weighted by Gasteiger charge is -2.16. The molecule has 1 rings (SSSR count). The van der Waals surface area contributed by atoms with Gasteiger partial charge in [0.1, 0.15) is 6.04 Å². The Balaban J connectivity index is 2.68. The first-order valence-electron chi connectivity index (χ1n) is 5.85. The Hall–Kier alpha value is -1.14. The van der Waals surface area contributed by atoms with E-state index in [2.05, 4.69) is 21.2 Å². The van der Waals surface area contributed by atoms with Crippen molar-refractivity contribution < 1.29 is 14.7 Å². The van der Waals surface area contributed by atoms with Crippen LogP contribution in [-0.2, 0) is 9.59 Å². The minimum atomic E-state index is -1.02. The van der Waals surface area contributed by atoms with E-state index in [1.54, 1.807) is 19.1 Å². The molecule has 0 spiro atoms. The molecule has 6 heteroatoms. The molecule has 0 saturated heterocycles. The molecule has 0 saturated carbocycles. The van der Waals surface area contributed by atoms with Gasteiger partial charge in [-0.3, -0.25) is 4.79 Å². The van der Waals surface area contributed by atoms with E-state index in [4.69, 9.17) is 5.11 Å². The quantitative estimate of drug-likeness (QED) is 0.778. The number of aliphatic carboxylic acids is 1. The smallest absolute Gasteiger partial charge is 0.326 e. The Morgan fingerprint density at radius 1 is 1.53 bits per heavy atom. The molecular formula is C13H16BrNO3S. The first-order chi connectivity index (χ1) is 8.95. The van der Waals surface area contributed by atoms with Gasteiger partial charge in [-0.1, -0.05) is 12.2 Å². The Labute approximate surface area is 124 Å². The first-order valence-corrected chi connectivity index (χ1v) is 7.46. The molecule has 2 unspecified atom stereocenters. The molecule has 2 N–H and O–H groups in total. The van der Waals surface area contributed by atoms with Gasteiger partial charge in [0.25, 0.3) is 0 Å². The van der Waals surface area contributed by atoms with Crippen molar-refractivity contribution >= 4 is 39.1 Å². The van der Waals surface area contributed by atoms with E-state index in [1.807, 2.05) is 19.1 Å². The molecule has 1 aromatic heterocycles. The molecular weight excluding hydrogens is 330 g/mol. The van der Waals surface area contributed by atoms with E-state index < -0.39 is 12.0 Å². The fourth-order valence-electron chi connectivity index (χ4n) is 1.48. The predicted octanol–water partition coefficient (Wildman–Crippen LogP) is 3.15. The highest BCUT2D eigenvalue weighted by Gasteiger charge is 2.23. The van der Waals surface area contributed by atoms with Crippen molar-refractivity contribution in [3.63, 3.8) is 0 Å². The van der Waals surface area contributed by atoms with E-state index in [0.717, 1.165) is 8.66 Å². The topological polar surface area (TPSA) is 66.4 Å². The summed E-state index contributed by atoms with van der Waals surface area (Å²) in [6, 6.07) is 2.86. The second-order valence-corrected chi connectivity index (χ2v) is 6.56. The Morgan fingerprint density at radius 3 is 2.68 bits per heavy atom. The van der Waals surface area contributed by atoms with Crippen LogP contribution in [0.3, 0.4) is 0 Å². The molecule has 0 bridgehead atoms. The first kappa shape index (κ1) is 15.9. The minimum Gasteiger partial charge on any atom is -0.480 e. The normalized spacial score (nSPS) is 14.3. The summed E-state index contributed by atoms with van der Waals surface area (Å²) in [4.78, 5) is 24.0. The van der Waals surface area contributed by atoms with E-state index in [0.29, 0.717) is 6.42 Å². The predicted molar refractivity (Wildman–Crippen MR) is 79.4 cm³/mol. The summed E-state index contributed by atoms with van der Waals surface area (Å²) in [6.45, 7) is 3.58. The fraction of sp³-hybridized carbons (Fsp3) is 0.385. The number of carboxylic acid groups (broad SMARTS) is 1. The van der Waals surface area contributed by atoms with Crippen molar-refractivity contribution in [1.29, 1.82) is 0 Å². The van der Waals surface area contributed by atoms with E-state index in [9.17, 15) is 9.59 Å². The maximum Gasteiger partial charge on any atom is 0.326 e. The molecule has 4 nitrogen and oxygen atoms in total. The number of amides is 1. The summed E-state index contributed by atoms with van der Waals surface area (Å²) >= 11 is 4.81. The van der Waals surface area contributed by atoms with Gasteiger partial charge >= 0.3 is 5.97 Å². The summed E-state index contributed by atoms with van der Waals surface area (Å²) in [7, 11) is 0. The zero-order valence-corrected chi connectivity index (χ0v) is 13.1. The second kappa shape index (κ2) is 7.45. The SMILES string of the molecule is C/C=C/CC(NC(=O)C(C)c1ccc(Br)s1)C(=O)O. The molecule has 0 aliphatic heterocycles. The summed E-state index contributed by atoms with van der Waals surface area (Å²) in [5.74, 6) is -1.65. The minimum absolute atomic E-state index is 0.272. The van der Waals surface area contributed by atoms with Gasteiger partial charge in [-0.15, -0.1) is 11.3 Å². The number of allylic oxidation sites excluding steroid dienone is 1. The molecule has 0 radical (unpaired) electrons. The van der Waals surface area contributed by atoms with E-state index in [1.165, 1.54) is 11.3 Å². The van der Waals surface area contributed by atoms with Gasteiger partial charge in [0, 0.05) is 4.88 Å². The lowest BCUT2D eigenvalue weighted by atomic mass is 10.1. The van der Waals surface area contributed by atoms with Crippen LogP contribution >= 0.6 is 27.3 Å².